The molecule has 1 saturated heterocycles. The first-order valence-electron chi connectivity index (χ1n) is 6.55. The van der Waals surface area contributed by atoms with E-state index < -0.39 is 0 Å². The van der Waals surface area contributed by atoms with E-state index in [0.717, 1.165) is 31.7 Å². The SMILES string of the molecule is CCOC(=O)C(CC)N1CCSC(C)(C)CC1. The highest BCUT2D eigenvalue weighted by molar-refractivity contribution is 8.00. The molecule has 0 N–H and O–H groups in total. The van der Waals surface area contributed by atoms with E-state index in [2.05, 4.69) is 25.7 Å². The van der Waals surface area contributed by atoms with E-state index in [4.69, 9.17) is 4.74 Å². The normalized spacial score (nSPS) is 22.8. The van der Waals surface area contributed by atoms with Crippen molar-refractivity contribution in [1.82, 2.24) is 4.90 Å². The third-order valence-corrected chi connectivity index (χ3v) is 4.63. The van der Waals surface area contributed by atoms with Crippen molar-refractivity contribution in [2.75, 3.05) is 25.4 Å². The van der Waals surface area contributed by atoms with E-state index in [1.165, 1.54) is 0 Å². The van der Waals surface area contributed by atoms with E-state index in [0.29, 0.717) is 11.4 Å². The average Bonchev–Trinajstić information content (AvgIpc) is 2.42. The van der Waals surface area contributed by atoms with Gasteiger partial charge in [-0.3, -0.25) is 9.69 Å². The van der Waals surface area contributed by atoms with Gasteiger partial charge in [0.25, 0.3) is 0 Å². The zero-order valence-corrected chi connectivity index (χ0v) is 12.3. The summed E-state index contributed by atoms with van der Waals surface area (Å²) in [4.78, 5) is 14.2. The van der Waals surface area contributed by atoms with E-state index in [9.17, 15) is 4.79 Å². The number of nitrogens with zero attached hydrogens (tertiary/aromatic N) is 1. The van der Waals surface area contributed by atoms with E-state index in [1.54, 1.807) is 0 Å². The van der Waals surface area contributed by atoms with Crippen molar-refractivity contribution >= 4 is 17.7 Å². The number of ether oxygens (including phenoxy) is 1. The van der Waals surface area contributed by atoms with Crippen LogP contribution < -0.4 is 0 Å². The maximum Gasteiger partial charge on any atom is 0.323 e. The smallest absolute Gasteiger partial charge is 0.323 e. The minimum atomic E-state index is -0.0558. The van der Waals surface area contributed by atoms with Gasteiger partial charge in [0.1, 0.15) is 6.04 Å². The predicted molar refractivity (Wildman–Crippen MR) is 73.4 cm³/mol. The third-order valence-electron chi connectivity index (χ3n) is 3.26. The second-order valence-corrected chi connectivity index (χ2v) is 6.87. The molecular weight excluding hydrogens is 234 g/mol. The van der Waals surface area contributed by atoms with Crippen molar-refractivity contribution in [1.29, 1.82) is 0 Å². The van der Waals surface area contributed by atoms with Crippen LogP contribution in [-0.4, -0.2) is 47.1 Å². The van der Waals surface area contributed by atoms with Crippen LogP contribution in [0.1, 0.15) is 40.5 Å². The van der Waals surface area contributed by atoms with Crippen LogP contribution in [-0.2, 0) is 9.53 Å². The number of hydrogen-bond acceptors (Lipinski definition) is 4. The first-order valence-corrected chi connectivity index (χ1v) is 7.53. The summed E-state index contributed by atoms with van der Waals surface area (Å²) in [5, 5.41) is 0. The summed E-state index contributed by atoms with van der Waals surface area (Å²) in [6.45, 7) is 11.0. The molecule has 1 atom stereocenters. The summed E-state index contributed by atoms with van der Waals surface area (Å²) < 4.78 is 5.49. The summed E-state index contributed by atoms with van der Waals surface area (Å²) in [6.07, 6.45) is 1.97. The zero-order chi connectivity index (χ0) is 12.9. The first kappa shape index (κ1) is 14.8. The van der Waals surface area contributed by atoms with Crippen LogP contribution >= 0.6 is 11.8 Å². The van der Waals surface area contributed by atoms with Gasteiger partial charge in [0.2, 0.25) is 0 Å². The van der Waals surface area contributed by atoms with Crippen molar-refractivity contribution in [2.24, 2.45) is 0 Å². The summed E-state index contributed by atoms with van der Waals surface area (Å²) in [6, 6.07) is -0.0514. The number of rotatable bonds is 4. The van der Waals surface area contributed by atoms with Crippen LogP contribution in [0.15, 0.2) is 0 Å². The molecule has 1 fully saturated rings. The third kappa shape index (κ3) is 4.51. The van der Waals surface area contributed by atoms with Gasteiger partial charge in [0, 0.05) is 23.6 Å². The van der Waals surface area contributed by atoms with Crippen LogP contribution in [0.25, 0.3) is 0 Å². The van der Waals surface area contributed by atoms with Gasteiger partial charge in [0.15, 0.2) is 0 Å². The fourth-order valence-corrected chi connectivity index (χ4v) is 3.27. The fourth-order valence-electron chi connectivity index (χ4n) is 2.16. The van der Waals surface area contributed by atoms with Gasteiger partial charge in [-0.25, -0.2) is 0 Å². The highest BCUT2D eigenvalue weighted by Gasteiger charge is 2.30. The van der Waals surface area contributed by atoms with Gasteiger partial charge in [-0.2, -0.15) is 11.8 Å². The molecule has 0 aliphatic carbocycles. The summed E-state index contributed by atoms with van der Waals surface area (Å²) in [5.41, 5.74) is 0. The number of hydrogen-bond donors (Lipinski definition) is 0. The number of esters is 1. The molecule has 1 heterocycles. The molecule has 0 amide bonds. The molecule has 1 aliphatic rings. The lowest BCUT2D eigenvalue weighted by Crippen LogP contribution is -2.43. The fraction of sp³-hybridized carbons (Fsp3) is 0.923. The molecule has 0 saturated carbocycles. The molecule has 1 rings (SSSR count). The molecule has 17 heavy (non-hydrogen) atoms. The van der Waals surface area contributed by atoms with Gasteiger partial charge < -0.3 is 4.74 Å². The first-order chi connectivity index (χ1) is 8.00. The Morgan fingerprint density at radius 1 is 1.41 bits per heavy atom. The second-order valence-electron chi connectivity index (χ2n) is 5.07. The standard InChI is InChI=1S/C13H25NO2S/c1-5-11(12(15)16-6-2)14-8-7-13(3,4)17-10-9-14/h11H,5-10H2,1-4H3. The van der Waals surface area contributed by atoms with Crippen LogP contribution in [0.4, 0.5) is 0 Å². The highest BCUT2D eigenvalue weighted by Crippen LogP contribution is 2.31. The lowest BCUT2D eigenvalue weighted by Gasteiger charge is -2.28. The van der Waals surface area contributed by atoms with Crippen molar-refractivity contribution in [3.8, 4) is 0 Å². The molecule has 0 aromatic heterocycles. The molecular formula is C13H25NO2S. The number of carbonyl (C=O) groups excluding carboxylic acids is 1. The van der Waals surface area contributed by atoms with Crippen LogP contribution in [0.3, 0.4) is 0 Å². The Hall–Kier alpha value is -0.220. The largest absolute Gasteiger partial charge is 0.465 e. The maximum atomic E-state index is 11.9. The van der Waals surface area contributed by atoms with Crippen LogP contribution in [0.2, 0.25) is 0 Å². The van der Waals surface area contributed by atoms with Crippen LogP contribution in [0.5, 0.6) is 0 Å². The molecule has 4 heteroatoms. The minimum Gasteiger partial charge on any atom is -0.465 e. The van der Waals surface area contributed by atoms with Crippen LogP contribution in [0, 0.1) is 0 Å². The van der Waals surface area contributed by atoms with Crippen molar-refractivity contribution in [2.45, 2.75) is 51.3 Å². The Morgan fingerprint density at radius 2 is 2.12 bits per heavy atom. The van der Waals surface area contributed by atoms with Crippen molar-refractivity contribution < 1.29 is 9.53 Å². The summed E-state index contributed by atoms with van der Waals surface area (Å²) in [7, 11) is 0. The van der Waals surface area contributed by atoms with E-state index in [1.807, 2.05) is 18.7 Å². The lowest BCUT2D eigenvalue weighted by molar-refractivity contribution is -0.149. The molecule has 100 valence electrons. The molecule has 1 unspecified atom stereocenters. The Labute approximate surface area is 109 Å². The van der Waals surface area contributed by atoms with Gasteiger partial charge in [-0.15, -0.1) is 0 Å². The molecule has 0 radical (unpaired) electrons. The predicted octanol–water partition coefficient (Wildman–Crippen LogP) is 2.55. The molecule has 3 nitrogen and oxygen atoms in total. The minimum absolute atomic E-state index is 0.0514. The summed E-state index contributed by atoms with van der Waals surface area (Å²) in [5.74, 6) is 1.04. The van der Waals surface area contributed by atoms with Gasteiger partial charge in [-0.05, 0) is 19.8 Å². The van der Waals surface area contributed by atoms with E-state index in [-0.39, 0.29) is 12.0 Å². The molecule has 0 bridgehead atoms. The Bertz CT molecular complexity index is 256. The Kier molecular flexibility index (Phi) is 5.80. The van der Waals surface area contributed by atoms with Gasteiger partial charge in [0.05, 0.1) is 6.61 Å². The number of carbonyl (C=O) groups is 1. The highest BCUT2D eigenvalue weighted by atomic mass is 32.2. The molecule has 0 spiro atoms. The summed E-state index contributed by atoms with van der Waals surface area (Å²) >= 11 is 2.00. The monoisotopic (exact) mass is 259 g/mol. The zero-order valence-electron chi connectivity index (χ0n) is 11.5. The Morgan fingerprint density at radius 3 is 2.71 bits per heavy atom. The molecule has 0 aromatic rings. The molecule has 1 aliphatic heterocycles. The van der Waals surface area contributed by atoms with Gasteiger partial charge >= 0.3 is 5.97 Å². The van der Waals surface area contributed by atoms with Gasteiger partial charge in [-0.1, -0.05) is 20.8 Å². The average molecular weight is 259 g/mol. The quantitative estimate of drug-likeness (QED) is 0.726. The lowest BCUT2D eigenvalue weighted by atomic mass is 10.1. The van der Waals surface area contributed by atoms with E-state index >= 15 is 0 Å². The topological polar surface area (TPSA) is 29.5 Å². The second kappa shape index (κ2) is 6.64. The Balaban J connectivity index is 2.60. The van der Waals surface area contributed by atoms with Crippen molar-refractivity contribution in [3.63, 3.8) is 0 Å². The maximum absolute atomic E-state index is 11.9. The van der Waals surface area contributed by atoms with Crippen molar-refractivity contribution in [3.05, 3.63) is 0 Å². The molecule has 0 aromatic carbocycles. The number of thioether (sulfide) groups is 1.